The molecule has 0 atom stereocenters. The highest BCUT2D eigenvalue weighted by atomic mass is 35.5. The van der Waals surface area contributed by atoms with Crippen LogP contribution in [-0.4, -0.2) is 19.8 Å². The molecule has 0 unspecified atom stereocenters. The summed E-state index contributed by atoms with van der Waals surface area (Å²) in [7, 11) is 0. The van der Waals surface area contributed by atoms with Crippen molar-refractivity contribution in [1.82, 2.24) is 5.32 Å². The Bertz CT molecular complexity index is 383. The van der Waals surface area contributed by atoms with E-state index in [4.69, 9.17) is 21.1 Å². The fourth-order valence-electron chi connectivity index (χ4n) is 1.64. The Kier molecular flexibility index (Phi) is 7.68. The maximum atomic E-state index is 6.24. The zero-order chi connectivity index (χ0) is 14.1. The van der Waals surface area contributed by atoms with E-state index in [1.165, 1.54) is 0 Å². The average molecular weight is 286 g/mol. The molecule has 0 amide bonds. The quantitative estimate of drug-likeness (QED) is 0.743. The normalized spacial score (nSPS) is 10.5. The van der Waals surface area contributed by atoms with Gasteiger partial charge in [0.15, 0.2) is 0 Å². The van der Waals surface area contributed by atoms with Crippen LogP contribution in [0.4, 0.5) is 0 Å². The van der Waals surface area contributed by atoms with Gasteiger partial charge in [0.1, 0.15) is 11.5 Å². The molecule has 1 aromatic rings. The molecule has 0 saturated carbocycles. The second-order valence-corrected chi connectivity index (χ2v) is 4.77. The number of nitrogens with one attached hydrogen (secondary N) is 1. The molecule has 0 bridgehead atoms. The summed E-state index contributed by atoms with van der Waals surface area (Å²) in [5, 5.41) is 3.94. The summed E-state index contributed by atoms with van der Waals surface area (Å²) in [5.41, 5.74) is 1.07. The minimum atomic E-state index is 0.644. The van der Waals surface area contributed by atoms with Crippen LogP contribution in [-0.2, 0) is 6.54 Å². The Morgan fingerprint density at radius 3 is 2.21 bits per heavy atom. The summed E-state index contributed by atoms with van der Waals surface area (Å²) < 4.78 is 11.4. The molecule has 0 spiro atoms. The van der Waals surface area contributed by atoms with Gasteiger partial charge in [-0.2, -0.15) is 0 Å². The van der Waals surface area contributed by atoms with E-state index in [2.05, 4.69) is 26.1 Å². The van der Waals surface area contributed by atoms with Gasteiger partial charge in [-0.25, -0.2) is 0 Å². The van der Waals surface area contributed by atoms with Gasteiger partial charge in [-0.05, 0) is 25.5 Å². The number of rotatable bonds is 9. The molecular weight excluding hydrogens is 262 g/mol. The summed E-state index contributed by atoms with van der Waals surface area (Å²) in [6, 6.07) is 3.83. The van der Waals surface area contributed by atoms with Gasteiger partial charge in [-0.1, -0.05) is 32.4 Å². The van der Waals surface area contributed by atoms with E-state index in [0.29, 0.717) is 24.0 Å². The smallest absolute Gasteiger partial charge is 0.141 e. The van der Waals surface area contributed by atoms with E-state index in [1.807, 2.05) is 12.1 Å². The van der Waals surface area contributed by atoms with Crippen molar-refractivity contribution in [2.45, 2.75) is 40.2 Å². The molecule has 0 saturated heterocycles. The first-order valence-corrected chi connectivity index (χ1v) is 7.39. The second kappa shape index (κ2) is 9.05. The molecule has 0 fully saturated rings. The molecule has 108 valence electrons. The van der Waals surface area contributed by atoms with Crippen LogP contribution in [0.15, 0.2) is 12.1 Å². The summed E-state index contributed by atoms with van der Waals surface area (Å²) in [4.78, 5) is 0. The standard InChI is InChI=1S/C15H24ClNO2/c1-4-7-18-14-10-15(19-8-5-2)13(16)9-12(14)11-17-6-3/h9-10,17H,4-8,11H2,1-3H3. The molecule has 1 aromatic carbocycles. The van der Waals surface area contributed by atoms with E-state index in [1.54, 1.807) is 0 Å². The number of ether oxygens (including phenoxy) is 2. The van der Waals surface area contributed by atoms with E-state index in [0.717, 1.165) is 37.2 Å². The van der Waals surface area contributed by atoms with Crippen molar-refractivity contribution >= 4 is 11.6 Å². The highest BCUT2D eigenvalue weighted by molar-refractivity contribution is 6.32. The average Bonchev–Trinajstić information content (AvgIpc) is 2.42. The first kappa shape index (κ1) is 16.1. The van der Waals surface area contributed by atoms with Crippen LogP contribution in [0.2, 0.25) is 5.02 Å². The third-order valence-electron chi connectivity index (χ3n) is 2.60. The van der Waals surface area contributed by atoms with Gasteiger partial charge in [0.25, 0.3) is 0 Å². The molecule has 0 aliphatic carbocycles. The van der Waals surface area contributed by atoms with E-state index in [9.17, 15) is 0 Å². The van der Waals surface area contributed by atoms with Gasteiger partial charge in [-0.15, -0.1) is 0 Å². The largest absolute Gasteiger partial charge is 0.493 e. The lowest BCUT2D eigenvalue weighted by atomic mass is 10.2. The third-order valence-corrected chi connectivity index (χ3v) is 2.90. The molecule has 0 aromatic heterocycles. The van der Waals surface area contributed by atoms with Gasteiger partial charge >= 0.3 is 0 Å². The molecule has 0 aliphatic rings. The van der Waals surface area contributed by atoms with Gasteiger partial charge in [0.2, 0.25) is 0 Å². The van der Waals surface area contributed by atoms with Crippen molar-refractivity contribution in [1.29, 1.82) is 0 Å². The highest BCUT2D eigenvalue weighted by Crippen LogP contribution is 2.33. The monoisotopic (exact) mass is 285 g/mol. The molecule has 0 heterocycles. The predicted molar refractivity (Wildman–Crippen MR) is 80.4 cm³/mol. The summed E-state index contributed by atoms with van der Waals surface area (Å²) in [6.45, 7) is 9.28. The highest BCUT2D eigenvalue weighted by Gasteiger charge is 2.10. The van der Waals surface area contributed by atoms with Crippen LogP contribution < -0.4 is 14.8 Å². The number of benzene rings is 1. The van der Waals surface area contributed by atoms with Crippen LogP contribution >= 0.6 is 11.6 Å². The first-order chi connectivity index (χ1) is 9.22. The summed E-state index contributed by atoms with van der Waals surface area (Å²) >= 11 is 6.24. The molecule has 0 radical (unpaired) electrons. The lowest BCUT2D eigenvalue weighted by Gasteiger charge is -2.15. The zero-order valence-electron chi connectivity index (χ0n) is 12.1. The molecule has 0 aliphatic heterocycles. The number of halogens is 1. The van der Waals surface area contributed by atoms with Crippen molar-refractivity contribution in [3.8, 4) is 11.5 Å². The first-order valence-electron chi connectivity index (χ1n) is 7.01. The minimum Gasteiger partial charge on any atom is -0.493 e. The lowest BCUT2D eigenvalue weighted by molar-refractivity contribution is 0.299. The van der Waals surface area contributed by atoms with E-state index in [-0.39, 0.29) is 0 Å². The Morgan fingerprint density at radius 2 is 1.63 bits per heavy atom. The topological polar surface area (TPSA) is 30.5 Å². The van der Waals surface area contributed by atoms with Crippen molar-refractivity contribution < 1.29 is 9.47 Å². The molecule has 1 N–H and O–H groups in total. The second-order valence-electron chi connectivity index (χ2n) is 4.37. The predicted octanol–water partition coefficient (Wildman–Crippen LogP) is 4.03. The van der Waals surface area contributed by atoms with Gasteiger partial charge in [0.05, 0.1) is 18.2 Å². The number of hydrogen-bond donors (Lipinski definition) is 1. The van der Waals surface area contributed by atoms with E-state index < -0.39 is 0 Å². The van der Waals surface area contributed by atoms with Gasteiger partial charge in [-0.3, -0.25) is 0 Å². The SMILES string of the molecule is CCCOc1cc(OCCC)c(CNCC)cc1Cl. The summed E-state index contributed by atoms with van der Waals surface area (Å²) in [6.07, 6.45) is 1.94. The fraction of sp³-hybridized carbons (Fsp3) is 0.600. The van der Waals surface area contributed by atoms with Crippen LogP contribution in [0.1, 0.15) is 39.2 Å². The molecule has 1 rings (SSSR count). The number of hydrogen-bond acceptors (Lipinski definition) is 3. The molecular formula is C15H24ClNO2. The lowest BCUT2D eigenvalue weighted by Crippen LogP contribution is -2.13. The van der Waals surface area contributed by atoms with Gasteiger partial charge < -0.3 is 14.8 Å². The minimum absolute atomic E-state index is 0.644. The maximum Gasteiger partial charge on any atom is 0.141 e. The van der Waals surface area contributed by atoms with Crippen molar-refractivity contribution in [3.63, 3.8) is 0 Å². The van der Waals surface area contributed by atoms with E-state index >= 15 is 0 Å². The van der Waals surface area contributed by atoms with Crippen LogP contribution in [0, 0.1) is 0 Å². The molecule has 4 heteroatoms. The third kappa shape index (κ3) is 5.29. The van der Waals surface area contributed by atoms with Crippen molar-refractivity contribution in [3.05, 3.63) is 22.7 Å². The van der Waals surface area contributed by atoms with Crippen molar-refractivity contribution in [2.24, 2.45) is 0 Å². The zero-order valence-corrected chi connectivity index (χ0v) is 12.8. The molecule has 19 heavy (non-hydrogen) atoms. The Balaban J connectivity index is 2.91. The van der Waals surface area contributed by atoms with Crippen LogP contribution in [0.25, 0.3) is 0 Å². The van der Waals surface area contributed by atoms with Crippen LogP contribution in [0.5, 0.6) is 11.5 Å². The van der Waals surface area contributed by atoms with Crippen LogP contribution in [0.3, 0.4) is 0 Å². The molecule has 3 nitrogen and oxygen atoms in total. The fourth-order valence-corrected chi connectivity index (χ4v) is 1.88. The summed E-state index contributed by atoms with van der Waals surface area (Å²) in [5.74, 6) is 1.56. The van der Waals surface area contributed by atoms with Gasteiger partial charge in [0, 0.05) is 18.2 Å². The Hall–Kier alpha value is -0.930. The Labute approximate surface area is 121 Å². The Morgan fingerprint density at radius 1 is 1.00 bits per heavy atom. The van der Waals surface area contributed by atoms with Crippen molar-refractivity contribution in [2.75, 3.05) is 19.8 Å². The maximum absolute atomic E-state index is 6.24.